The van der Waals surface area contributed by atoms with Gasteiger partial charge < -0.3 is 15.2 Å². The van der Waals surface area contributed by atoms with Crippen LogP contribution in [-0.2, 0) is 6.54 Å². The molecule has 2 heterocycles. The quantitative estimate of drug-likeness (QED) is 0.526. The van der Waals surface area contributed by atoms with E-state index in [0.29, 0.717) is 5.92 Å². The first-order chi connectivity index (χ1) is 12.2. The highest BCUT2D eigenvalue weighted by Gasteiger charge is 2.08. The Morgan fingerprint density at radius 1 is 1.28 bits per heavy atom. The first-order valence-electron chi connectivity index (χ1n) is 8.57. The van der Waals surface area contributed by atoms with Gasteiger partial charge in [0.25, 0.3) is 0 Å². The summed E-state index contributed by atoms with van der Waals surface area (Å²) in [6.07, 6.45) is 0. The van der Waals surface area contributed by atoms with Gasteiger partial charge in [-0.05, 0) is 47.4 Å². The van der Waals surface area contributed by atoms with E-state index in [4.69, 9.17) is 0 Å². The fourth-order valence-electron chi connectivity index (χ4n) is 2.91. The summed E-state index contributed by atoms with van der Waals surface area (Å²) in [7, 11) is 1.81. The lowest BCUT2D eigenvalue weighted by Gasteiger charge is -2.16. The molecule has 0 spiro atoms. The zero-order valence-electron chi connectivity index (χ0n) is 15.0. The monoisotopic (exact) mass is 355 g/mol. The van der Waals surface area contributed by atoms with Crippen LogP contribution < -0.4 is 10.6 Å². The van der Waals surface area contributed by atoms with Crippen LogP contribution in [0, 0.1) is 6.92 Å². The van der Waals surface area contributed by atoms with Gasteiger partial charge in [-0.25, -0.2) is 4.98 Å². The fourth-order valence-corrected chi connectivity index (χ4v) is 3.69. The minimum atomic E-state index is 0.463. The molecule has 0 aliphatic rings. The molecule has 0 aliphatic heterocycles. The molecule has 6 heteroatoms. The fraction of sp³-hybridized carbons (Fsp3) is 0.368. The second-order valence-corrected chi connectivity index (χ2v) is 6.92. The number of aromatic nitrogens is 2. The molecule has 1 unspecified atom stereocenters. The predicted octanol–water partition coefficient (Wildman–Crippen LogP) is 3.37. The van der Waals surface area contributed by atoms with Crippen LogP contribution >= 0.6 is 11.3 Å². The number of benzene rings is 1. The molecule has 0 aliphatic carbocycles. The Hall–Kier alpha value is -2.34. The maximum absolute atomic E-state index is 4.61. The lowest BCUT2D eigenvalue weighted by molar-refractivity contribution is 0.649. The third kappa shape index (κ3) is 4.20. The average Bonchev–Trinajstić information content (AvgIpc) is 3.26. The van der Waals surface area contributed by atoms with Crippen molar-refractivity contribution in [3.8, 4) is 0 Å². The summed E-state index contributed by atoms with van der Waals surface area (Å²) in [5, 5.41) is 11.1. The van der Waals surface area contributed by atoms with E-state index < -0.39 is 0 Å². The van der Waals surface area contributed by atoms with Crippen molar-refractivity contribution in [2.45, 2.75) is 26.3 Å². The molecule has 132 valence electrons. The standard InChI is InChI=1S/C19H25N5S/c1-14(16-8-11-25-13-16)12-22-19(20-3)21-9-10-24-15(2)23-17-6-4-5-7-18(17)24/h4-8,11,13-14H,9-10,12H2,1-3H3,(H2,20,21,22). The van der Waals surface area contributed by atoms with Gasteiger partial charge in [0.15, 0.2) is 5.96 Å². The van der Waals surface area contributed by atoms with Crippen molar-refractivity contribution >= 4 is 28.3 Å². The molecule has 1 aromatic carbocycles. The van der Waals surface area contributed by atoms with Crippen LogP contribution in [0.3, 0.4) is 0 Å². The molecular formula is C19H25N5S. The maximum Gasteiger partial charge on any atom is 0.191 e. The molecule has 0 radical (unpaired) electrons. The number of hydrogen-bond acceptors (Lipinski definition) is 3. The van der Waals surface area contributed by atoms with E-state index in [0.717, 1.165) is 36.9 Å². The van der Waals surface area contributed by atoms with Crippen LogP contribution in [0.25, 0.3) is 11.0 Å². The lowest BCUT2D eigenvalue weighted by Crippen LogP contribution is -2.40. The molecule has 0 amide bonds. The first-order valence-corrected chi connectivity index (χ1v) is 9.52. The third-order valence-electron chi connectivity index (χ3n) is 4.38. The highest BCUT2D eigenvalue weighted by molar-refractivity contribution is 7.07. The summed E-state index contributed by atoms with van der Waals surface area (Å²) >= 11 is 1.74. The first kappa shape index (κ1) is 17.5. The van der Waals surface area contributed by atoms with E-state index in [2.05, 4.69) is 74.1 Å². The number of para-hydroxylation sites is 2. The molecule has 1 atom stereocenters. The van der Waals surface area contributed by atoms with E-state index >= 15 is 0 Å². The molecule has 0 bridgehead atoms. The van der Waals surface area contributed by atoms with Gasteiger partial charge in [0.1, 0.15) is 5.82 Å². The van der Waals surface area contributed by atoms with Crippen LogP contribution in [0.4, 0.5) is 0 Å². The molecule has 3 aromatic rings. The van der Waals surface area contributed by atoms with Gasteiger partial charge in [-0.3, -0.25) is 4.99 Å². The number of fused-ring (bicyclic) bond motifs is 1. The van der Waals surface area contributed by atoms with Crippen molar-refractivity contribution in [1.29, 1.82) is 0 Å². The molecular weight excluding hydrogens is 330 g/mol. The van der Waals surface area contributed by atoms with Crippen molar-refractivity contribution in [1.82, 2.24) is 20.2 Å². The third-order valence-corrected chi connectivity index (χ3v) is 5.09. The van der Waals surface area contributed by atoms with E-state index in [1.807, 2.05) is 13.1 Å². The molecule has 25 heavy (non-hydrogen) atoms. The number of nitrogens with zero attached hydrogens (tertiary/aromatic N) is 3. The van der Waals surface area contributed by atoms with Crippen LogP contribution in [0.15, 0.2) is 46.1 Å². The van der Waals surface area contributed by atoms with E-state index in [1.54, 1.807) is 11.3 Å². The van der Waals surface area contributed by atoms with Crippen LogP contribution in [0.1, 0.15) is 24.2 Å². The average molecular weight is 356 g/mol. The van der Waals surface area contributed by atoms with Crippen molar-refractivity contribution in [2.24, 2.45) is 4.99 Å². The molecule has 2 aromatic heterocycles. The van der Waals surface area contributed by atoms with E-state index in [9.17, 15) is 0 Å². The molecule has 5 nitrogen and oxygen atoms in total. The Morgan fingerprint density at radius 3 is 2.88 bits per heavy atom. The summed E-state index contributed by atoms with van der Waals surface area (Å²) in [5.41, 5.74) is 3.59. The summed E-state index contributed by atoms with van der Waals surface area (Å²) in [6.45, 7) is 6.79. The Balaban J connectivity index is 1.52. The number of nitrogens with one attached hydrogen (secondary N) is 2. The van der Waals surface area contributed by atoms with Crippen LogP contribution in [-0.4, -0.2) is 35.6 Å². The summed E-state index contributed by atoms with van der Waals surface area (Å²) in [6, 6.07) is 10.4. The number of aliphatic imine (C=N–C) groups is 1. The van der Waals surface area contributed by atoms with E-state index in [-0.39, 0.29) is 0 Å². The van der Waals surface area contributed by atoms with Gasteiger partial charge in [-0.15, -0.1) is 0 Å². The number of thiophene rings is 1. The molecule has 3 rings (SSSR count). The largest absolute Gasteiger partial charge is 0.356 e. The minimum Gasteiger partial charge on any atom is -0.356 e. The van der Waals surface area contributed by atoms with Gasteiger partial charge in [-0.2, -0.15) is 11.3 Å². The Labute approximate surface area is 152 Å². The zero-order valence-corrected chi connectivity index (χ0v) is 15.8. The van der Waals surface area contributed by atoms with Gasteiger partial charge in [0.2, 0.25) is 0 Å². The summed E-state index contributed by atoms with van der Waals surface area (Å²) in [4.78, 5) is 8.93. The number of imidazole rings is 1. The predicted molar refractivity (Wildman–Crippen MR) is 107 cm³/mol. The van der Waals surface area contributed by atoms with Gasteiger partial charge in [0.05, 0.1) is 11.0 Å². The summed E-state index contributed by atoms with van der Waals surface area (Å²) in [5.74, 6) is 2.34. The topological polar surface area (TPSA) is 54.2 Å². The van der Waals surface area contributed by atoms with Gasteiger partial charge >= 0.3 is 0 Å². The zero-order chi connectivity index (χ0) is 17.6. The number of guanidine groups is 1. The minimum absolute atomic E-state index is 0.463. The molecule has 0 fully saturated rings. The number of rotatable bonds is 6. The smallest absolute Gasteiger partial charge is 0.191 e. The van der Waals surface area contributed by atoms with Crippen LogP contribution in [0.5, 0.6) is 0 Å². The second kappa shape index (κ2) is 8.16. The Kier molecular flexibility index (Phi) is 5.71. The highest BCUT2D eigenvalue weighted by atomic mass is 32.1. The van der Waals surface area contributed by atoms with Crippen molar-refractivity contribution in [3.63, 3.8) is 0 Å². The molecule has 2 N–H and O–H groups in total. The SMILES string of the molecule is CN=C(NCCn1c(C)nc2ccccc21)NCC(C)c1ccsc1. The number of hydrogen-bond donors (Lipinski definition) is 2. The Morgan fingerprint density at radius 2 is 2.12 bits per heavy atom. The second-order valence-electron chi connectivity index (χ2n) is 6.14. The molecule has 0 saturated heterocycles. The van der Waals surface area contributed by atoms with Gasteiger partial charge in [0, 0.05) is 26.7 Å². The van der Waals surface area contributed by atoms with Crippen molar-refractivity contribution in [2.75, 3.05) is 20.1 Å². The Bertz CT molecular complexity index is 835. The normalized spacial score (nSPS) is 13.2. The maximum atomic E-state index is 4.61. The molecule has 0 saturated carbocycles. The van der Waals surface area contributed by atoms with E-state index in [1.165, 1.54) is 11.1 Å². The van der Waals surface area contributed by atoms with Gasteiger partial charge in [-0.1, -0.05) is 19.1 Å². The van der Waals surface area contributed by atoms with Crippen LogP contribution in [0.2, 0.25) is 0 Å². The van der Waals surface area contributed by atoms with Crippen molar-refractivity contribution in [3.05, 3.63) is 52.5 Å². The number of aryl methyl sites for hydroxylation is 1. The highest BCUT2D eigenvalue weighted by Crippen LogP contribution is 2.17. The summed E-state index contributed by atoms with van der Waals surface area (Å²) < 4.78 is 2.24. The lowest BCUT2D eigenvalue weighted by atomic mass is 10.1. The van der Waals surface area contributed by atoms with Crippen molar-refractivity contribution < 1.29 is 0 Å².